The minimum absolute atomic E-state index is 0.0290. The first kappa shape index (κ1) is 20.5. The molecule has 0 radical (unpaired) electrons. The first-order valence-corrected chi connectivity index (χ1v) is 10.4. The molecule has 6 nitrogen and oxygen atoms in total. The molecule has 0 aliphatic heterocycles. The Morgan fingerprint density at radius 3 is 2.71 bits per heavy atom. The molecule has 2 heterocycles. The predicted molar refractivity (Wildman–Crippen MR) is 122 cm³/mol. The molecule has 0 saturated heterocycles. The molecule has 1 atom stereocenters. The standard InChI is InChI=1S/C25H25N3O3/c29-25(30)16-20(18-7-2-1-3-8-18)22-17-28-23-11-10-19(15-21(22)23)31-14-6-13-27-24-9-4-5-12-26-24/h1-5,7-12,15,17,20,28H,6,13-14,16H2,(H,26,27)(H,29,30). The summed E-state index contributed by atoms with van der Waals surface area (Å²) in [7, 11) is 0. The monoisotopic (exact) mass is 415 g/mol. The molecule has 158 valence electrons. The summed E-state index contributed by atoms with van der Waals surface area (Å²) in [5.74, 6) is 0.570. The smallest absolute Gasteiger partial charge is 0.304 e. The average molecular weight is 415 g/mol. The van der Waals surface area contributed by atoms with Crippen LogP contribution in [0.5, 0.6) is 5.75 Å². The maximum Gasteiger partial charge on any atom is 0.304 e. The van der Waals surface area contributed by atoms with Gasteiger partial charge < -0.3 is 20.1 Å². The van der Waals surface area contributed by atoms with E-state index in [1.807, 2.05) is 72.9 Å². The number of carboxylic acid groups (broad SMARTS) is 1. The number of aliphatic carboxylic acids is 1. The van der Waals surface area contributed by atoms with Gasteiger partial charge in [0.2, 0.25) is 0 Å². The lowest BCUT2D eigenvalue weighted by atomic mass is 9.88. The fourth-order valence-electron chi connectivity index (χ4n) is 3.71. The van der Waals surface area contributed by atoms with Crippen molar-refractivity contribution in [3.05, 3.63) is 90.3 Å². The van der Waals surface area contributed by atoms with Gasteiger partial charge in [-0.2, -0.15) is 0 Å². The summed E-state index contributed by atoms with van der Waals surface area (Å²) in [5, 5.41) is 13.7. The van der Waals surface area contributed by atoms with Crippen LogP contribution in [-0.4, -0.2) is 34.2 Å². The van der Waals surface area contributed by atoms with Crippen molar-refractivity contribution in [3.63, 3.8) is 0 Å². The highest BCUT2D eigenvalue weighted by atomic mass is 16.5. The van der Waals surface area contributed by atoms with E-state index in [0.29, 0.717) is 6.61 Å². The number of aromatic nitrogens is 2. The Morgan fingerprint density at radius 1 is 1.10 bits per heavy atom. The molecule has 31 heavy (non-hydrogen) atoms. The number of hydrogen-bond donors (Lipinski definition) is 3. The molecule has 0 amide bonds. The van der Waals surface area contributed by atoms with Crippen LogP contribution in [0.25, 0.3) is 10.9 Å². The number of ether oxygens (including phenoxy) is 1. The molecule has 2 aromatic carbocycles. The second-order valence-electron chi connectivity index (χ2n) is 7.36. The van der Waals surface area contributed by atoms with E-state index >= 15 is 0 Å². The first-order chi connectivity index (χ1) is 15.2. The lowest BCUT2D eigenvalue weighted by Gasteiger charge is -2.15. The number of aromatic amines is 1. The molecule has 3 N–H and O–H groups in total. The summed E-state index contributed by atoms with van der Waals surface area (Å²) in [5.41, 5.74) is 2.91. The summed E-state index contributed by atoms with van der Waals surface area (Å²) >= 11 is 0. The molecule has 0 saturated carbocycles. The average Bonchev–Trinajstić information content (AvgIpc) is 3.21. The van der Waals surface area contributed by atoms with Crippen molar-refractivity contribution < 1.29 is 14.6 Å². The van der Waals surface area contributed by atoms with E-state index in [9.17, 15) is 9.90 Å². The summed E-state index contributed by atoms with van der Waals surface area (Å²) < 4.78 is 5.95. The van der Waals surface area contributed by atoms with Crippen LogP contribution in [0.1, 0.15) is 29.9 Å². The Labute approximate surface area is 180 Å². The Balaban J connectivity index is 1.46. The first-order valence-electron chi connectivity index (χ1n) is 10.4. The number of anilines is 1. The lowest BCUT2D eigenvalue weighted by molar-refractivity contribution is -0.137. The van der Waals surface area contributed by atoms with Gasteiger partial charge in [0.25, 0.3) is 0 Å². The number of carbonyl (C=O) groups is 1. The van der Waals surface area contributed by atoms with Crippen LogP contribution in [-0.2, 0) is 4.79 Å². The van der Waals surface area contributed by atoms with Crippen molar-refractivity contribution in [2.24, 2.45) is 0 Å². The molecule has 0 aliphatic carbocycles. The fourth-order valence-corrected chi connectivity index (χ4v) is 3.71. The van der Waals surface area contributed by atoms with E-state index in [2.05, 4.69) is 15.3 Å². The van der Waals surface area contributed by atoms with Crippen LogP contribution in [0.4, 0.5) is 5.82 Å². The van der Waals surface area contributed by atoms with E-state index in [1.54, 1.807) is 6.20 Å². The van der Waals surface area contributed by atoms with Crippen LogP contribution in [0, 0.1) is 0 Å². The third-order valence-corrected chi connectivity index (χ3v) is 5.20. The second-order valence-corrected chi connectivity index (χ2v) is 7.36. The quantitative estimate of drug-likeness (QED) is 0.316. The molecule has 2 aromatic heterocycles. The number of hydrogen-bond acceptors (Lipinski definition) is 4. The topological polar surface area (TPSA) is 87.2 Å². The van der Waals surface area contributed by atoms with Crippen LogP contribution in [0.2, 0.25) is 0 Å². The van der Waals surface area contributed by atoms with E-state index in [0.717, 1.165) is 46.6 Å². The van der Waals surface area contributed by atoms with Gasteiger partial charge in [0.05, 0.1) is 13.0 Å². The van der Waals surface area contributed by atoms with Gasteiger partial charge in [-0.25, -0.2) is 4.98 Å². The molecule has 0 fully saturated rings. The highest BCUT2D eigenvalue weighted by Gasteiger charge is 2.21. The molecule has 1 unspecified atom stereocenters. The summed E-state index contributed by atoms with van der Waals surface area (Å²) in [6.45, 7) is 1.34. The number of nitrogens with one attached hydrogen (secondary N) is 2. The molecular formula is C25H25N3O3. The minimum atomic E-state index is -0.823. The Kier molecular flexibility index (Phi) is 6.47. The molecule has 0 bridgehead atoms. The van der Waals surface area contributed by atoms with Crippen molar-refractivity contribution in [1.82, 2.24) is 9.97 Å². The van der Waals surface area contributed by atoms with E-state index < -0.39 is 5.97 Å². The number of H-pyrrole nitrogens is 1. The normalized spacial score (nSPS) is 11.9. The van der Waals surface area contributed by atoms with Gasteiger partial charge in [0, 0.05) is 35.8 Å². The maximum atomic E-state index is 11.5. The second kappa shape index (κ2) is 9.80. The zero-order valence-corrected chi connectivity index (χ0v) is 17.1. The van der Waals surface area contributed by atoms with Crippen molar-refractivity contribution in [2.75, 3.05) is 18.5 Å². The summed E-state index contributed by atoms with van der Waals surface area (Å²) in [4.78, 5) is 19.0. The lowest BCUT2D eigenvalue weighted by Crippen LogP contribution is -2.08. The van der Waals surface area contributed by atoms with Crippen molar-refractivity contribution in [1.29, 1.82) is 0 Å². The van der Waals surface area contributed by atoms with Crippen molar-refractivity contribution in [3.8, 4) is 5.75 Å². The summed E-state index contributed by atoms with van der Waals surface area (Å²) in [6.07, 6.45) is 4.53. The molecule has 0 aliphatic rings. The fraction of sp³-hybridized carbons (Fsp3) is 0.200. The number of benzene rings is 2. The molecular weight excluding hydrogens is 390 g/mol. The number of rotatable bonds is 10. The van der Waals surface area contributed by atoms with E-state index in [1.165, 1.54) is 0 Å². The van der Waals surface area contributed by atoms with Gasteiger partial charge >= 0.3 is 5.97 Å². The van der Waals surface area contributed by atoms with Crippen LogP contribution < -0.4 is 10.1 Å². The highest BCUT2D eigenvalue weighted by Crippen LogP contribution is 2.35. The Hall–Kier alpha value is -3.80. The highest BCUT2D eigenvalue weighted by molar-refractivity contribution is 5.86. The molecule has 0 spiro atoms. The Bertz CT molecular complexity index is 1130. The Morgan fingerprint density at radius 2 is 1.94 bits per heavy atom. The van der Waals surface area contributed by atoms with Gasteiger partial charge in [-0.1, -0.05) is 36.4 Å². The van der Waals surface area contributed by atoms with Gasteiger partial charge in [-0.3, -0.25) is 4.79 Å². The molecule has 4 aromatic rings. The van der Waals surface area contributed by atoms with Gasteiger partial charge in [-0.05, 0) is 47.9 Å². The molecule has 4 rings (SSSR count). The third kappa shape index (κ3) is 5.22. The van der Waals surface area contributed by atoms with Crippen molar-refractivity contribution in [2.45, 2.75) is 18.8 Å². The van der Waals surface area contributed by atoms with Crippen molar-refractivity contribution >= 4 is 22.7 Å². The number of carboxylic acids is 1. The minimum Gasteiger partial charge on any atom is -0.494 e. The largest absolute Gasteiger partial charge is 0.494 e. The summed E-state index contributed by atoms with van der Waals surface area (Å²) in [6, 6.07) is 21.4. The van der Waals surface area contributed by atoms with Crippen LogP contribution in [0.15, 0.2) is 79.1 Å². The van der Waals surface area contributed by atoms with Gasteiger partial charge in [0.1, 0.15) is 11.6 Å². The zero-order chi connectivity index (χ0) is 21.5. The maximum absolute atomic E-state index is 11.5. The van der Waals surface area contributed by atoms with E-state index in [4.69, 9.17) is 4.74 Å². The van der Waals surface area contributed by atoms with Gasteiger partial charge in [-0.15, -0.1) is 0 Å². The number of fused-ring (bicyclic) bond motifs is 1. The number of nitrogens with zero attached hydrogens (tertiary/aromatic N) is 1. The zero-order valence-electron chi connectivity index (χ0n) is 17.1. The van der Waals surface area contributed by atoms with Gasteiger partial charge in [0.15, 0.2) is 0 Å². The van der Waals surface area contributed by atoms with Crippen LogP contribution >= 0.6 is 0 Å². The van der Waals surface area contributed by atoms with Crippen LogP contribution in [0.3, 0.4) is 0 Å². The van der Waals surface area contributed by atoms with E-state index in [-0.39, 0.29) is 12.3 Å². The molecule has 6 heteroatoms. The predicted octanol–water partition coefficient (Wildman–Crippen LogP) is 5.05. The SMILES string of the molecule is O=C(O)CC(c1ccccc1)c1c[nH]c2ccc(OCCCNc3ccccn3)cc12. The number of pyridine rings is 1. The third-order valence-electron chi connectivity index (χ3n) is 5.20.